The fourth-order valence-corrected chi connectivity index (χ4v) is 4.03. The van der Waals surface area contributed by atoms with Crippen LogP contribution in [0.15, 0.2) is 6.07 Å². The van der Waals surface area contributed by atoms with Crippen LogP contribution in [0.2, 0.25) is 0 Å². The lowest BCUT2D eigenvalue weighted by Gasteiger charge is -2.27. The highest BCUT2D eigenvalue weighted by Gasteiger charge is 2.14. The van der Waals surface area contributed by atoms with E-state index < -0.39 is 0 Å². The minimum absolute atomic E-state index is 0.377. The molecule has 2 rings (SSSR count). The van der Waals surface area contributed by atoms with Crippen molar-refractivity contribution in [3.63, 3.8) is 0 Å². The summed E-state index contributed by atoms with van der Waals surface area (Å²) in [5, 5.41) is 3.66. The zero-order valence-corrected chi connectivity index (χ0v) is 14.0. The van der Waals surface area contributed by atoms with Gasteiger partial charge in [-0.15, -0.1) is 0 Å². The molecular weight excluding hydrogens is 266 g/mol. The second kappa shape index (κ2) is 7.43. The van der Waals surface area contributed by atoms with E-state index in [0.717, 1.165) is 24.5 Å². The summed E-state index contributed by atoms with van der Waals surface area (Å²) in [6, 6.07) is 2.56. The Kier molecular flexibility index (Phi) is 5.87. The molecule has 0 saturated carbocycles. The fourth-order valence-electron chi connectivity index (χ4n) is 3.05. The molecule has 4 heteroatoms. The monoisotopic (exact) mass is 293 g/mol. The first-order valence-electron chi connectivity index (χ1n) is 7.56. The first-order chi connectivity index (χ1) is 9.58. The van der Waals surface area contributed by atoms with Crippen LogP contribution in [0, 0.1) is 20.8 Å². The van der Waals surface area contributed by atoms with Crippen LogP contribution >= 0.6 is 11.8 Å². The van der Waals surface area contributed by atoms with Crippen molar-refractivity contribution >= 4 is 11.8 Å². The minimum atomic E-state index is 0.377. The van der Waals surface area contributed by atoms with E-state index in [2.05, 4.69) is 60.7 Å². The zero-order chi connectivity index (χ0) is 14.5. The van der Waals surface area contributed by atoms with Gasteiger partial charge in [-0.25, -0.2) is 0 Å². The van der Waals surface area contributed by atoms with Gasteiger partial charge in [-0.05, 0) is 44.9 Å². The van der Waals surface area contributed by atoms with E-state index in [1.54, 1.807) is 0 Å². The second-order valence-electron chi connectivity index (χ2n) is 5.71. The maximum Gasteiger partial charge on any atom is 0.0426 e. The van der Waals surface area contributed by atoms with Gasteiger partial charge in [-0.1, -0.05) is 0 Å². The molecule has 0 radical (unpaired) electrons. The molecule has 3 nitrogen and oxygen atoms in total. The Labute approximate surface area is 127 Å². The number of aromatic nitrogens is 1. The average Bonchev–Trinajstić information content (AvgIpc) is 2.38. The highest BCUT2D eigenvalue weighted by atomic mass is 32.2. The molecule has 1 aliphatic heterocycles. The normalized spacial score (nSPS) is 18.2. The number of hydrogen-bond donors (Lipinski definition) is 1. The number of hydrogen-bond acceptors (Lipinski definition) is 4. The summed E-state index contributed by atoms with van der Waals surface area (Å²) in [6.45, 7) is 13.3. The van der Waals surface area contributed by atoms with Crippen molar-refractivity contribution in [1.82, 2.24) is 15.2 Å². The number of aryl methyl sites for hydroxylation is 3. The van der Waals surface area contributed by atoms with Gasteiger partial charge in [0.15, 0.2) is 0 Å². The molecule has 1 aromatic rings. The summed E-state index contributed by atoms with van der Waals surface area (Å²) < 4.78 is 0. The van der Waals surface area contributed by atoms with E-state index in [0.29, 0.717) is 6.04 Å². The second-order valence-corrected chi connectivity index (χ2v) is 6.93. The quantitative estimate of drug-likeness (QED) is 0.903. The van der Waals surface area contributed by atoms with Crippen molar-refractivity contribution in [3.8, 4) is 0 Å². The van der Waals surface area contributed by atoms with Crippen molar-refractivity contribution in [1.29, 1.82) is 0 Å². The number of pyridine rings is 1. The van der Waals surface area contributed by atoms with Gasteiger partial charge >= 0.3 is 0 Å². The average molecular weight is 293 g/mol. The molecule has 0 aromatic carbocycles. The van der Waals surface area contributed by atoms with Crippen LogP contribution in [-0.2, 0) is 0 Å². The number of thioether (sulfide) groups is 1. The molecule has 1 unspecified atom stereocenters. The largest absolute Gasteiger partial charge is 0.309 e. The van der Waals surface area contributed by atoms with E-state index in [9.17, 15) is 0 Å². The molecule has 0 bridgehead atoms. The SMILES string of the molecule is Cc1cc(C)c(C(C)NCCN2CCSCC2)c(C)n1. The lowest BCUT2D eigenvalue weighted by atomic mass is 10.0. The van der Waals surface area contributed by atoms with E-state index in [1.807, 2.05) is 0 Å². The molecule has 1 N–H and O–H groups in total. The molecule has 1 aromatic heterocycles. The van der Waals surface area contributed by atoms with Crippen LogP contribution in [0.5, 0.6) is 0 Å². The molecule has 1 aliphatic rings. The Bertz CT molecular complexity index is 418. The maximum absolute atomic E-state index is 4.60. The molecule has 1 saturated heterocycles. The Morgan fingerprint density at radius 3 is 2.65 bits per heavy atom. The number of nitrogens with one attached hydrogen (secondary N) is 1. The Morgan fingerprint density at radius 1 is 1.30 bits per heavy atom. The Hall–Kier alpha value is -0.580. The van der Waals surface area contributed by atoms with Crippen LogP contribution in [0.4, 0.5) is 0 Å². The number of rotatable bonds is 5. The summed E-state index contributed by atoms with van der Waals surface area (Å²) >= 11 is 2.07. The van der Waals surface area contributed by atoms with Crippen molar-refractivity contribution in [2.45, 2.75) is 33.7 Å². The summed E-state index contributed by atoms with van der Waals surface area (Å²) in [5.41, 5.74) is 4.99. The first kappa shape index (κ1) is 15.8. The molecule has 0 spiro atoms. The summed E-state index contributed by atoms with van der Waals surface area (Å²) in [5.74, 6) is 2.57. The zero-order valence-electron chi connectivity index (χ0n) is 13.2. The van der Waals surface area contributed by atoms with Gasteiger partial charge in [0.1, 0.15) is 0 Å². The van der Waals surface area contributed by atoms with Gasteiger partial charge in [0, 0.05) is 55.1 Å². The molecule has 1 fully saturated rings. The minimum Gasteiger partial charge on any atom is -0.309 e. The van der Waals surface area contributed by atoms with Gasteiger partial charge in [-0.3, -0.25) is 4.98 Å². The predicted octanol–water partition coefficient (Wildman–Crippen LogP) is 2.71. The third kappa shape index (κ3) is 4.21. The topological polar surface area (TPSA) is 28.2 Å². The van der Waals surface area contributed by atoms with Crippen LogP contribution in [-0.4, -0.2) is 47.6 Å². The van der Waals surface area contributed by atoms with Crippen molar-refractivity contribution in [2.75, 3.05) is 37.7 Å². The van der Waals surface area contributed by atoms with Crippen molar-refractivity contribution in [3.05, 3.63) is 28.6 Å². The molecule has 20 heavy (non-hydrogen) atoms. The van der Waals surface area contributed by atoms with Crippen molar-refractivity contribution in [2.24, 2.45) is 0 Å². The lowest BCUT2D eigenvalue weighted by molar-refractivity contribution is 0.296. The maximum atomic E-state index is 4.60. The summed E-state index contributed by atoms with van der Waals surface area (Å²) in [6.07, 6.45) is 0. The van der Waals surface area contributed by atoms with Crippen LogP contribution < -0.4 is 5.32 Å². The molecule has 1 atom stereocenters. The van der Waals surface area contributed by atoms with Gasteiger partial charge in [0.2, 0.25) is 0 Å². The van der Waals surface area contributed by atoms with Crippen LogP contribution in [0.25, 0.3) is 0 Å². The molecular formula is C16H27N3S. The van der Waals surface area contributed by atoms with E-state index in [4.69, 9.17) is 0 Å². The van der Waals surface area contributed by atoms with Crippen molar-refractivity contribution < 1.29 is 0 Å². The molecule has 0 amide bonds. The smallest absolute Gasteiger partial charge is 0.0426 e. The van der Waals surface area contributed by atoms with Gasteiger partial charge in [0.05, 0.1) is 0 Å². The molecule has 0 aliphatic carbocycles. The van der Waals surface area contributed by atoms with Gasteiger partial charge in [-0.2, -0.15) is 11.8 Å². The molecule has 2 heterocycles. The van der Waals surface area contributed by atoms with Crippen LogP contribution in [0.1, 0.15) is 35.5 Å². The summed E-state index contributed by atoms with van der Waals surface area (Å²) in [4.78, 5) is 7.16. The fraction of sp³-hybridized carbons (Fsp3) is 0.688. The Balaban J connectivity index is 1.86. The van der Waals surface area contributed by atoms with Crippen LogP contribution in [0.3, 0.4) is 0 Å². The highest BCUT2D eigenvalue weighted by Crippen LogP contribution is 2.21. The van der Waals surface area contributed by atoms with E-state index >= 15 is 0 Å². The van der Waals surface area contributed by atoms with E-state index in [1.165, 1.54) is 35.7 Å². The highest BCUT2D eigenvalue weighted by molar-refractivity contribution is 7.99. The van der Waals surface area contributed by atoms with Gasteiger partial charge in [0.25, 0.3) is 0 Å². The summed E-state index contributed by atoms with van der Waals surface area (Å²) in [7, 11) is 0. The standard InChI is InChI=1S/C16H27N3S/c1-12-11-13(2)18-15(4)16(12)14(3)17-5-6-19-7-9-20-10-8-19/h11,14,17H,5-10H2,1-4H3. The molecule has 112 valence electrons. The number of nitrogens with zero attached hydrogens (tertiary/aromatic N) is 2. The lowest BCUT2D eigenvalue weighted by Crippen LogP contribution is -2.38. The first-order valence-corrected chi connectivity index (χ1v) is 8.71. The predicted molar refractivity (Wildman–Crippen MR) is 88.6 cm³/mol. The van der Waals surface area contributed by atoms with Gasteiger partial charge < -0.3 is 10.2 Å². The Morgan fingerprint density at radius 2 is 2.00 bits per heavy atom. The van der Waals surface area contributed by atoms with E-state index in [-0.39, 0.29) is 0 Å². The third-order valence-electron chi connectivity index (χ3n) is 4.00. The third-order valence-corrected chi connectivity index (χ3v) is 4.94.